The van der Waals surface area contributed by atoms with Crippen molar-refractivity contribution in [1.82, 2.24) is 5.32 Å². The van der Waals surface area contributed by atoms with Crippen LogP contribution in [-0.4, -0.2) is 24.7 Å². The van der Waals surface area contributed by atoms with Crippen LogP contribution in [0.2, 0.25) is 5.22 Å². The van der Waals surface area contributed by atoms with Gasteiger partial charge in [0, 0.05) is 12.6 Å². The molecule has 0 bridgehead atoms. The van der Waals surface area contributed by atoms with Crippen molar-refractivity contribution in [1.29, 1.82) is 0 Å². The maximum absolute atomic E-state index is 11.6. The molecule has 1 heterocycles. The summed E-state index contributed by atoms with van der Waals surface area (Å²) in [5, 5.41) is 3.09. The van der Waals surface area contributed by atoms with E-state index in [9.17, 15) is 4.79 Å². The van der Waals surface area contributed by atoms with E-state index in [0.29, 0.717) is 0 Å². The zero-order chi connectivity index (χ0) is 11.5. The molecule has 1 aromatic heterocycles. The normalized spacial score (nSPS) is 23.9. The topological polar surface area (TPSA) is 51.5 Å². The predicted molar refractivity (Wildman–Crippen MR) is 59.6 cm³/mol. The molecule has 0 atom stereocenters. The first-order chi connectivity index (χ1) is 7.69. The van der Waals surface area contributed by atoms with E-state index in [4.69, 9.17) is 20.8 Å². The minimum Gasteiger partial charge on any atom is -0.440 e. The molecule has 1 saturated carbocycles. The highest BCUT2D eigenvalue weighted by atomic mass is 35.5. The zero-order valence-electron chi connectivity index (χ0n) is 9.03. The number of nitrogens with one attached hydrogen (secondary N) is 1. The molecule has 1 aliphatic rings. The summed E-state index contributed by atoms with van der Waals surface area (Å²) in [5.41, 5.74) is 0. The van der Waals surface area contributed by atoms with Gasteiger partial charge in [-0.15, -0.1) is 0 Å². The Morgan fingerprint density at radius 2 is 2.38 bits per heavy atom. The molecular formula is C11H14ClNO3. The van der Waals surface area contributed by atoms with Crippen LogP contribution < -0.4 is 5.32 Å². The maximum atomic E-state index is 11.6. The molecule has 1 N–H and O–H groups in total. The standard InChI is InChI=1S/C11H14ClNO3/c1-2-15-8-5-7(6-8)13-11(14)9-3-4-10(12)16-9/h3-4,7-8H,2,5-6H2,1H3,(H,13,14). The van der Waals surface area contributed by atoms with Crippen LogP contribution in [0.1, 0.15) is 30.3 Å². The van der Waals surface area contributed by atoms with E-state index in [1.165, 1.54) is 0 Å². The second kappa shape index (κ2) is 4.89. The predicted octanol–water partition coefficient (Wildman–Crippen LogP) is 2.23. The van der Waals surface area contributed by atoms with Crippen molar-refractivity contribution in [3.05, 3.63) is 23.1 Å². The molecule has 88 valence electrons. The fraction of sp³-hybridized carbons (Fsp3) is 0.545. The summed E-state index contributed by atoms with van der Waals surface area (Å²) in [6.45, 7) is 2.69. The molecule has 1 aromatic rings. The second-order valence-corrected chi connectivity index (χ2v) is 4.20. The molecule has 16 heavy (non-hydrogen) atoms. The van der Waals surface area contributed by atoms with Crippen LogP contribution in [-0.2, 0) is 4.74 Å². The molecule has 0 spiro atoms. The molecule has 0 aliphatic heterocycles. The number of halogens is 1. The van der Waals surface area contributed by atoms with Gasteiger partial charge in [0.15, 0.2) is 11.0 Å². The van der Waals surface area contributed by atoms with Crippen LogP contribution in [0.25, 0.3) is 0 Å². The lowest BCUT2D eigenvalue weighted by Gasteiger charge is -2.35. The van der Waals surface area contributed by atoms with Gasteiger partial charge in [-0.3, -0.25) is 4.79 Å². The number of carbonyl (C=O) groups excluding carboxylic acids is 1. The summed E-state index contributed by atoms with van der Waals surface area (Å²) < 4.78 is 10.4. The molecule has 0 radical (unpaired) electrons. The third kappa shape index (κ3) is 2.57. The largest absolute Gasteiger partial charge is 0.440 e. The zero-order valence-corrected chi connectivity index (χ0v) is 9.79. The molecule has 0 saturated heterocycles. The number of furan rings is 1. The summed E-state index contributed by atoms with van der Waals surface area (Å²) in [5.74, 6) is 0.0386. The fourth-order valence-corrected chi connectivity index (χ4v) is 1.89. The van der Waals surface area contributed by atoms with Crippen LogP contribution >= 0.6 is 11.6 Å². The summed E-state index contributed by atoms with van der Waals surface area (Å²) in [7, 11) is 0. The van der Waals surface area contributed by atoms with Crippen molar-refractivity contribution in [2.75, 3.05) is 6.61 Å². The lowest BCUT2D eigenvalue weighted by atomic mass is 9.89. The van der Waals surface area contributed by atoms with Gasteiger partial charge in [0.05, 0.1) is 6.10 Å². The van der Waals surface area contributed by atoms with Crippen LogP contribution in [0, 0.1) is 0 Å². The first-order valence-corrected chi connectivity index (χ1v) is 5.74. The summed E-state index contributed by atoms with van der Waals surface area (Å²) in [4.78, 5) is 11.6. The first-order valence-electron chi connectivity index (χ1n) is 5.37. The van der Waals surface area contributed by atoms with E-state index >= 15 is 0 Å². The highest BCUT2D eigenvalue weighted by molar-refractivity contribution is 6.29. The van der Waals surface area contributed by atoms with Gasteiger partial charge in [-0.25, -0.2) is 0 Å². The number of hydrogen-bond acceptors (Lipinski definition) is 3. The maximum Gasteiger partial charge on any atom is 0.287 e. The molecule has 1 aliphatic carbocycles. The van der Waals surface area contributed by atoms with Crippen molar-refractivity contribution in [2.45, 2.75) is 31.9 Å². The van der Waals surface area contributed by atoms with Gasteiger partial charge in [0.2, 0.25) is 0 Å². The Morgan fingerprint density at radius 1 is 1.62 bits per heavy atom. The van der Waals surface area contributed by atoms with Crippen LogP contribution in [0.4, 0.5) is 0 Å². The number of rotatable bonds is 4. The van der Waals surface area contributed by atoms with Gasteiger partial charge >= 0.3 is 0 Å². The van der Waals surface area contributed by atoms with Gasteiger partial charge < -0.3 is 14.5 Å². The van der Waals surface area contributed by atoms with E-state index in [0.717, 1.165) is 19.4 Å². The highest BCUT2D eigenvalue weighted by Crippen LogP contribution is 2.23. The van der Waals surface area contributed by atoms with Crippen molar-refractivity contribution in [3.8, 4) is 0 Å². The van der Waals surface area contributed by atoms with Crippen LogP contribution in [0.3, 0.4) is 0 Å². The molecule has 0 unspecified atom stereocenters. The van der Waals surface area contributed by atoms with Crippen molar-refractivity contribution >= 4 is 17.5 Å². The Hall–Kier alpha value is -1.00. The van der Waals surface area contributed by atoms with Gasteiger partial charge in [-0.1, -0.05) is 0 Å². The van der Waals surface area contributed by atoms with E-state index in [1.807, 2.05) is 6.92 Å². The Balaban J connectivity index is 1.77. The number of hydrogen-bond donors (Lipinski definition) is 1. The van der Waals surface area contributed by atoms with E-state index < -0.39 is 0 Å². The minimum absolute atomic E-state index is 0.188. The Kier molecular flexibility index (Phi) is 3.51. The average molecular weight is 244 g/mol. The molecule has 2 rings (SSSR count). The number of ether oxygens (including phenoxy) is 1. The highest BCUT2D eigenvalue weighted by Gasteiger charge is 2.31. The SMILES string of the molecule is CCOC1CC(NC(=O)c2ccc(Cl)o2)C1. The molecule has 1 amide bonds. The van der Waals surface area contributed by atoms with Gasteiger partial charge in [0.1, 0.15) is 0 Å². The van der Waals surface area contributed by atoms with E-state index in [-0.39, 0.29) is 29.0 Å². The molecule has 0 aromatic carbocycles. The van der Waals surface area contributed by atoms with Gasteiger partial charge in [-0.05, 0) is 43.5 Å². The smallest absolute Gasteiger partial charge is 0.287 e. The lowest BCUT2D eigenvalue weighted by molar-refractivity contribution is -0.00884. The average Bonchev–Trinajstić information content (AvgIpc) is 2.61. The van der Waals surface area contributed by atoms with Crippen LogP contribution in [0.15, 0.2) is 16.5 Å². The molecule has 4 nitrogen and oxygen atoms in total. The van der Waals surface area contributed by atoms with Gasteiger partial charge in [-0.2, -0.15) is 0 Å². The van der Waals surface area contributed by atoms with Crippen molar-refractivity contribution < 1.29 is 13.9 Å². The third-order valence-electron chi connectivity index (χ3n) is 2.63. The first kappa shape index (κ1) is 11.5. The summed E-state index contributed by atoms with van der Waals surface area (Å²) in [6.07, 6.45) is 2.03. The van der Waals surface area contributed by atoms with Crippen molar-refractivity contribution in [3.63, 3.8) is 0 Å². The fourth-order valence-electron chi connectivity index (χ4n) is 1.75. The third-order valence-corrected chi connectivity index (χ3v) is 2.83. The minimum atomic E-state index is -0.216. The molecule has 1 fully saturated rings. The Bertz CT molecular complexity index is 371. The summed E-state index contributed by atoms with van der Waals surface area (Å²) >= 11 is 5.59. The Morgan fingerprint density at radius 3 is 2.94 bits per heavy atom. The summed E-state index contributed by atoms with van der Waals surface area (Å²) in [6, 6.07) is 3.31. The monoisotopic (exact) mass is 243 g/mol. The number of amides is 1. The van der Waals surface area contributed by atoms with E-state index in [1.54, 1.807) is 12.1 Å². The number of carbonyl (C=O) groups is 1. The van der Waals surface area contributed by atoms with Crippen molar-refractivity contribution in [2.24, 2.45) is 0 Å². The van der Waals surface area contributed by atoms with Crippen LogP contribution in [0.5, 0.6) is 0 Å². The molecular weight excluding hydrogens is 230 g/mol. The molecule has 5 heteroatoms. The lowest BCUT2D eigenvalue weighted by Crippen LogP contribution is -2.47. The second-order valence-electron chi connectivity index (χ2n) is 3.82. The van der Waals surface area contributed by atoms with E-state index in [2.05, 4.69) is 5.32 Å². The quantitative estimate of drug-likeness (QED) is 0.882. The van der Waals surface area contributed by atoms with Gasteiger partial charge in [0.25, 0.3) is 5.91 Å². The Labute approximate surface area is 98.9 Å².